The molecule has 0 amide bonds. The van der Waals surface area contributed by atoms with Gasteiger partial charge in [-0.15, -0.1) is 11.6 Å². The van der Waals surface area contributed by atoms with Gasteiger partial charge in [-0.1, -0.05) is 0 Å². The van der Waals surface area contributed by atoms with Crippen LogP contribution in [0.25, 0.3) is 0 Å². The number of aldehydes is 1. The molecule has 0 spiro atoms. The second-order valence-electron chi connectivity index (χ2n) is 2.46. The molecule has 2 heterocycles. The molecule has 1 atom stereocenters. The van der Waals surface area contributed by atoms with Crippen molar-refractivity contribution >= 4 is 29.9 Å². The number of carbonyl (C=O) groups is 1. The van der Waals surface area contributed by atoms with Crippen molar-refractivity contribution in [1.82, 2.24) is 0 Å². The Labute approximate surface area is 74.2 Å². The molecule has 0 saturated carbocycles. The molecule has 0 fully saturated rings. The van der Waals surface area contributed by atoms with Crippen LogP contribution < -0.4 is 0 Å². The number of rotatable bonds is 1. The van der Waals surface area contributed by atoms with E-state index in [9.17, 15) is 4.79 Å². The van der Waals surface area contributed by atoms with Gasteiger partial charge in [0.25, 0.3) is 0 Å². The summed E-state index contributed by atoms with van der Waals surface area (Å²) in [5.74, 6) is 0.612. The Morgan fingerprint density at radius 2 is 2.42 bits per heavy atom. The van der Waals surface area contributed by atoms with Gasteiger partial charge in [0.1, 0.15) is 6.29 Å². The van der Waals surface area contributed by atoms with E-state index >= 15 is 0 Å². The lowest BCUT2D eigenvalue weighted by atomic mass is 10.0. The van der Waals surface area contributed by atoms with Crippen LogP contribution in [0.4, 0.5) is 0 Å². The first-order valence-corrected chi connectivity index (χ1v) is 3.88. The van der Waals surface area contributed by atoms with Crippen molar-refractivity contribution in [2.45, 2.75) is 5.38 Å². The fourth-order valence-electron chi connectivity index (χ4n) is 1.11. The van der Waals surface area contributed by atoms with Gasteiger partial charge in [-0.3, -0.25) is 4.79 Å². The fraction of sp³-hybridized carbons (Fsp3) is 0.125. The lowest BCUT2D eigenvalue weighted by molar-refractivity contribution is -0.104. The second kappa shape index (κ2) is 2.68. The maximum Gasteiger partial charge on any atom is 0.156 e. The van der Waals surface area contributed by atoms with Gasteiger partial charge in [0.05, 0.1) is 5.38 Å². The lowest BCUT2D eigenvalue weighted by Crippen LogP contribution is -2.16. The number of allylic oxidation sites excluding steroid dienone is 2. The number of amidine groups is 1. The molecule has 2 aliphatic heterocycles. The van der Waals surface area contributed by atoms with Gasteiger partial charge < -0.3 is 0 Å². The number of carbonyl (C=O) groups excluding carboxylic acids is 1. The first kappa shape index (κ1) is 7.43. The van der Waals surface area contributed by atoms with E-state index in [0.29, 0.717) is 11.4 Å². The molecule has 0 N–H and O–H groups in total. The van der Waals surface area contributed by atoms with Crippen LogP contribution in [0, 0.1) is 0 Å². The summed E-state index contributed by atoms with van der Waals surface area (Å²) in [4.78, 5) is 18.4. The van der Waals surface area contributed by atoms with E-state index < -0.39 is 5.38 Å². The Hall–Kier alpha value is -1.22. The molecule has 0 bridgehead atoms. The molecule has 2 rings (SSSR count). The Balaban J connectivity index is 2.44. The van der Waals surface area contributed by atoms with E-state index in [1.165, 1.54) is 6.20 Å². The third-order valence-electron chi connectivity index (χ3n) is 1.75. The van der Waals surface area contributed by atoms with Crippen LogP contribution in [-0.2, 0) is 4.79 Å². The molecule has 12 heavy (non-hydrogen) atoms. The van der Waals surface area contributed by atoms with Crippen LogP contribution >= 0.6 is 11.6 Å². The van der Waals surface area contributed by atoms with Crippen molar-refractivity contribution in [1.29, 1.82) is 0 Å². The zero-order chi connectivity index (χ0) is 8.55. The highest BCUT2D eigenvalue weighted by Crippen LogP contribution is 2.25. The lowest BCUT2D eigenvalue weighted by Gasteiger charge is -2.13. The van der Waals surface area contributed by atoms with E-state index in [-0.39, 0.29) is 0 Å². The van der Waals surface area contributed by atoms with Gasteiger partial charge in [0.2, 0.25) is 0 Å². The van der Waals surface area contributed by atoms with Gasteiger partial charge in [0.15, 0.2) is 5.84 Å². The average molecular weight is 181 g/mol. The summed E-state index contributed by atoms with van der Waals surface area (Å²) in [6.45, 7) is 0. The van der Waals surface area contributed by atoms with Gasteiger partial charge in [-0.05, 0) is 6.08 Å². The Morgan fingerprint density at radius 3 is 3.17 bits per heavy atom. The van der Waals surface area contributed by atoms with Gasteiger partial charge in [-0.2, -0.15) is 0 Å². The summed E-state index contributed by atoms with van der Waals surface area (Å²) in [5, 5.41) is -0.391. The number of halogens is 1. The quantitative estimate of drug-likeness (QED) is 0.440. The fourth-order valence-corrected chi connectivity index (χ4v) is 1.39. The van der Waals surface area contributed by atoms with E-state index in [4.69, 9.17) is 11.6 Å². The van der Waals surface area contributed by atoms with E-state index in [1.807, 2.05) is 0 Å². The predicted molar refractivity (Wildman–Crippen MR) is 47.8 cm³/mol. The third-order valence-corrected chi connectivity index (χ3v) is 2.23. The van der Waals surface area contributed by atoms with Gasteiger partial charge >= 0.3 is 0 Å². The van der Waals surface area contributed by atoms with Crippen LogP contribution in [0.3, 0.4) is 0 Å². The monoisotopic (exact) mass is 180 g/mol. The Kier molecular flexibility index (Phi) is 1.66. The number of hydrogen-bond acceptors (Lipinski definition) is 3. The molecule has 4 heteroatoms. The van der Waals surface area contributed by atoms with Crippen molar-refractivity contribution in [3.05, 3.63) is 23.4 Å². The molecule has 3 nitrogen and oxygen atoms in total. The second-order valence-corrected chi connectivity index (χ2v) is 2.90. The number of hydrogen-bond donors (Lipinski definition) is 0. The molecule has 0 aliphatic carbocycles. The highest BCUT2D eigenvalue weighted by Gasteiger charge is 2.25. The average Bonchev–Trinajstić information content (AvgIpc) is 2.53. The molecule has 60 valence electrons. The molecule has 0 unspecified atom stereocenters. The standard InChI is InChI=1S/C8H5ClN2O/c9-7-5(4-12)3-11-8-6(7)1-2-10-8/h1-4,7H/t7-/m0/s1. The van der Waals surface area contributed by atoms with Crippen molar-refractivity contribution in [3.8, 4) is 0 Å². The summed E-state index contributed by atoms with van der Waals surface area (Å²) in [5.41, 5.74) is 1.29. The van der Waals surface area contributed by atoms with Crippen LogP contribution in [0.5, 0.6) is 0 Å². The molecule has 0 radical (unpaired) electrons. The van der Waals surface area contributed by atoms with Crippen molar-refractivity contribution < 1.29 is 4.79 Å². The molecule has 0 saturated heterocycles. The zero-order valence-electron chi connectivity index (χ0n) is 6.07. The van der Waals surface area contributed by atoms with Crippen LogP contribution in [0.2, 0.25) is 0 Å². The van der Waals surface area contributed by atoms with E-state index in [0.717, 1.165) is 11.9 Å². The molecule has 2 aliphatic rings. The topological polar surface area (TPSA) is 41.8 Å². The first-order valence-electron chi connectivity index (χ1n) is 3.44. The van der Waals surface area contributed by atoms with Crippen molar-refractivity contribution in [2.24, 2.45) is 9.98 Å². The van der Waals surface area contributed by atoms with Crippen LogP contribution in [0.15, 0.2) is 33.4 Å². The van der Waals surface area contributed by atoms with Crippen LogP contribution in [0.1, 0.15) is 0 Å². The smallest absolute Gasteiger partial charge is 0.156 e. The highest BCUT2D eigenvalue weighted by molar-refractivity contribution is 6.32. The molecule has 0 aromatic heterocycles. The van der Waals surface area contributed by atoms with E-state index in [1.54, 1.807) is 12.3 Å². The largest absolute Gasteiger partial charge is 0.298 e. The van der Waals surface area contributed by atoms with Gasteiger partial charge in [-0.25, -0.2) is 9.98 Å². The molecule has 0 aromatic carbocycles. The summed E-state index contributed by atoms with van der Waals surface area (Å²) in [6.07, 6.45) is 5.58. The maximum atomic E-state index is 10.5. The van der Waals surface area contributed by atoms with Gasteiger partial charge in [0, 0.05) is 23.6 Å². The third kappa shape index (κ3) is 0.940. The van der Waals surface area contributed by atoms with Crippen LogP contribution in [-0.4, -0.2) is 23.7 Å². The number of aliphatic imine (C=N–C) groups is 2. The number of nitrogens with zero attached hydrogens (tertiary/aromatic N) is 2. The summed E-state index contributed by atoms with van der Waals surface area (Å²) >= 11 is 5.96. The number of fused-ring (bicyclic) bond motifs is 1. The number of alkyl halides is 1. The minimum Gasteiger partial charge on any atom is -0.298 e. The molecule has 0 aromatic rings. The van der Waals surface area contributed by atoms with E-state index in [2.05, 4.69) is 9.98 Å². The maximum absolute atomic E-state index is 10.5. The zero-order valence-corrected chi connectivity index (χ0v) is 6.82. The Bertz CT molecular complexity index is 350. The van der Waals surface area contributed by atoms with Crippen molar-refractivity contribution in [2.75, 3.05) is 0 Å². The minimum absolute atomic E-state index is 0.391. The first-order chi connectivity index (χ1) is 5.83. The molecular formula is C8H5ClN2O. The normalized spacial score (nSPS) is 25.8. The predicted octanol–water partition coefficient (Wildman–Crippen LogP) is 1.10. The van der Waals surface area contributed by atoms with Crippen molar-refractivity contribution in [3.63, 3.8) is 0 Å². The summed E-state index contributed by atoms with van der Waals surface area (Å²) < 4.78 is 0. The molecular weight excluding hydrogens is 176 g/mol. The minimum atomic E-state index is -0.391. The highest BCUT2D eigenvalue weighted by atomic mass is 35.5. The Morgan fingerprint density at radius 1 is 1.58 bits per heavy atom. The SMILES string of the molecule is O=CC1=CN=C2N=CC=C2[C@H]1Cl. The summed E-state index contributed by atoms with van der Waals surface area (Å²) in [7, 11) is 0. The summed E-state index contributed by atoms with van der Waals surface area (Å²) in [6, 6.07) is 0.